The highest BCUT2D eigenvalue weighted by atomic mass is 79.9. The zero-order valence-corrected chi connectivity index (χ0v) is 12.0. The van der Waals surface area contributed by atoms with Gasteiger partial charge in [0, 0.05) is 10.2 Å². The number of hydrogen-bond donors (Lipinski definition) is 3. The number of amides is 2. The number of benzene rings is 1. The third-order valence-electron chi connectivity index (χ3n) is 2.24. The Labute approximate surface area is 119 Å². The molecule has 0 heterocycles. The smallest absolute Gasteiger partial charge is 0.336 e. The molecule has 0 saturated carbocycles. The molecule has 0 unspecified atom stereocenters. The van der Waals surface area contributed by atoms with Gasteiger partial charge in [-0.15, -0.1) is 6.42 Å². The van der Waals surface area contributed by atoms with Gasteiger partial charge in [-0.1, -0.05) is 5.92 Å². The normalized spacial score (nSPS) is 10.4. The molecular weight excluding hydrogens is 312 g/mol. The first-order valence-corrected chi connectivity index (χ1v) is 6.14. The molecule has 0 radical (unpaired) electrons. The van der Waals surface area contributed by atoms with Gasteiger partial charge in [0.15, 0.2) is 0 Å². The second-order valence-electron chi connectivity index (χ2n) is 4.35. The average Bonchev–Trinajstić information content (AvgIpc) is 2.30. The zero-order valence-electron chi connectivity index (χ0n) is 10.5. The topological polar surface area (TPSA) is 78.4 Å². The summed E-state index contributed by atoms with van der Waals surface area (Å²) >= 11 is 3.12. The number of carbonyl (C=O) groups is 2. The van der Waals surface area contributed by atoms with Crippen molar-refractivity contribution in [3.05, 3.63) is 28.2 Å². The van der Waals surface area contributed by atoms with Crippen LogP contribution in [0.3, 0.4) is 0 Å². The quantitative estimate of drug-likeness (QED) is 0.748. The predicted molar refractivity (Wildman–Crippen MR) is 76.2 cm³/mol. The van der Waals surface area contributed by atoms with Crippen LogP contribution in [0.15, 0.2) is 22.7 Å². The number of hydrogen-bond acceptors (Lipinski definition) is 2. The number of nitrogens with one attached hydrogen (secondary N) is 2. The maximum atomic E-state index is 11.7. The summed E-state index contributed by atoms with van der Waals surface area (Å²) < 4.78 is 0.440. The molecule has 0 aliphatic heterocycles. The van der Waals surface area contributed by atoms with Crippen LogP contribution in [-0.2, 0) is 0 Å². The van der Waals surface area contributed by atoms with E-state index >= 15 is 0 Å². The minimum absolute atomic E-state index is 0.0639. The lowest BCUT2D eigenvalue weighted by Crippen LogP contribution is -2.44. The Morgan fingerprint density at radius 2 is 2.05 bits per heavy atom. The fourth-order valence-electron chi connectivity index (χ4n) is 1.25. The van der Waals surface area contributed by atoms with E-state index in [1.54, 1.807) is 26.0 Å². The third kappa shape index (κ3) is 4.30. The standard InChI is InChI=1S/C13H13BrN2O3/c1-4-13(2,3)16-12(19)15-8-5-6-10(14)9(7-8)11(17)18/h1,5-7H,2-3H3,(H,17,18)(H2,15,16,19). The van der Waals surface area contributed by atoms with Gasteiger partial charge in [-0.2, -0.15) is 0 Å². The molecule has 0 saturated heterocycles. The largest absolute Gasteiger partial charge is 0.478 e. The molecule has 2 amide bonds. The molecule has 6 heteroatoms. The molecule has 3 N–H and O–H groups in total. The molecule has 0 spiro atoms. The van der Waals surface area contributed by atoms with Crippen molar-refractivity contribution in [1.82, 2.24) is 5.32 Å². The average molecular weight is 325 g/mol. The molecule has 0 aromatic heterocycles. The number of carboxylic acid groups (broad SMARTS) is 1. The first-order chi connectivity index (χ1) is 8.75. The van der Waals surface area contributed by atoms with Gasteiger partial charge in [0.05, 0.1) is 11.1 Å². The summed E-state index contributed by atoms with van der Waals surface area (Å²) in [5.41, 5.74) is -0.352. The van der Waals surface area contributed by atoms with Crippen LogP contribution in [0.2, 0.25) is 0 Å². The van der Waals surface area contributed by atoms with Crippen molar-refractivity contribution in [2.45, 2.75) is 19.4 Å². The fourth-order valence-corrected chi connectivity index (χ4v) is 1.67. The maximum absolute atomic E-state index is 11.7. The lowest BCUT2D eigenvalue weighted by atomic mass is 10.1. The van der Waals surface area contributed by atoms with Gasteiger partial charge in [-0.25, -0.2) is 9.59 Å². The van der Waals surface area contributed by atoms with Crippen molar-refractivity contribution >= 4 is 33.6 Å². The Balaban J connectivity index is 2.84. The summed E-state index contributed by atoms with van der Waals surface area (Å²) in [4.78, 5) is 22.6. The van der Waals surface area contributed by atoms with Crippen molar-refractivity contribution < 1.29 is 14.7 Å². The number of carbonyl (C=O) groups excluding carboxylic acids is 1. The maximum Gasteiger partial charge on any atom is 0.336 e. The minimum atomic E-state index is -1.08. The van der Waals surface area contributed by atoms with Crippen LogP contribution < -0.4 is 10.6 Å². The highest BCUT2D eigenvalue weighted by Gasteiger charge is 2.17. The van der Waals surface area contributed by atoms with Gasteiger partial charge in [-0.3, -0.25) is 0 Å². The molecule has 100 valence electrons. The highest BCUT2D eigenvalue weighted by molar-refractivity contribution is 9.10. The number of halogens is 1. The van der Waals surface area contributed by atoms with E-state index in [-0.39, 0.29) is 5.56 Å². The fraction of sp³-hybridized carbons (Fsp3) is 0.231. The summed E-state index contributed by atoms with van der Waals surface area (Å²) in [5.74, 6) is 1.34. The van der Waals surface area contributed by atoms with Crippen LogP contribution in [0.4, 0.5) is 10.5 Å². The predicted octanol–water partition coefficient (Wildman–Crippen LogP) is 2.68. The first kappa shape index (κ1) is 15.1. The van der Waals surface area contributed by atoms with Gasteiger partial charge < -0.3 is 15.7 Å². The summed E-state index contributed by atoms with van der Waals surface area (Å²) in [6, 6.07) is 3.99. The Bertz CT molecular complexity index is 561. The minimum Gasteiger partial charge on any atom is -0.478 e. The van der Waals surface area contributed by atoms with Crippen molar-refractivity contribution in [3.63, 3.8) is 0 Å². The van der Waals surface area contributed by atoms with Crippen molar-refractivity contribution in [2.24, 2.45) is 0 Å². The molecule has 1 aromatic rings. The Morgan fingerprint density at radius 3 is 2.58 bits per heavy atom. The van der Waals surface area contributed by atoms with Crippen LogP contribution in [0.1, 0.15) is 24.2 Å². The number of terminal acetylenes is 1. The molecule has 0 fully saturated rings. The van der Waals surface area contributed by atoms with E-state index in [9.17, 15) is 9.59 Å². The molecule has 5 nitrogen and oxygen atoms in total. The molecule has 19 heavy (non-hydrogen) atoms. The van der Waals surface area contributed by atoms with E-state index in [1.165, 1.54) is 6.07 Å². The van der Waals surface area contributed by atoms with Gasteiger partial charge in [0.25, 0.3) is 0 Å². The zero-order chi connectivity index (χ0) is 14.6. The molecule has 0 aliphatic rings. The van der Waals surface area contributed by atoms with Crippen LogP contribution >= 0.6 is 15.9 Å². The van der Waals surface area contributed by atoms with E-state index in [0.29, 0.717) is 10.2 Å². The second-order valence-corrected chi connectivity index (χ2v) is 5.20. The summed E-state index contributed by atoms with van der Waals surface area (Å²) in [7, 11) is 0. The number of anilines is 1. The number of carboxylic acids is 1. The summed E-state index contributed by atoms with van der Waals surface area (Å²) in [6.45, 7) is 3.35. The monoisotopic (exact) mass is 324 g/mol. The first-order valence-electron chi connectivity index (χ1n) is 5.35. The third-order valence-corrected chi connectivity index (χ3v) is 2.93. The van der Waals surface area contributed by atoms with Crippen molar-refractivity contribution in [1.29, 1.82) is 0 Å². The Kier molecular flexibility index (Phi) is 4.57. The van der Waals surface area contributed by atoms with Gasteiger partial charge in [0.2, 0.25) is 0 Å². The van der Waals surface area contributed by atoms with Gasteiger partial charge in [-0.05, 0) is 48.0 Å². The van der Waals surface area contributed by atoms with Gasteiger partial charge in [0.1, 0.15) is 0 Å². The number of urea groups is 1. The van der Waals surface area contributed by atoms with Crippen molar-refractivity contribution in [3.8, 4) is 12.3 Å². The van der Waals surface area contributed by atoms with Crippen molar-refractivity contribution in [2.75, 3.05) is 5.32 Å². The number of rotatable bonds is 3. The lowest BCUT2D eigenvalue weighted by molar-refractivity contribution is 0.0696. The Morgan fingerprint density at radius 1 is 1.42 bits per heavy atom. The van der Waals surface area contributed by atoms with Crippen LogP contribution in [0.5, 0.6) is 0 Å². The van der Waals surface area contributed by atoms with E-state index in [1.807, 2.05) is 0 Å². The van der Waals surface area contributed by atoms with Gasteiger partial charge >= 0.3 is 12.0 Å². The number of aromatic carboxylic acids is 1. The van der Waals surface area contributed by atoms with E-state index in [4.69, 9.17) is 11.5 Å². The summed E-state index contributed by atoms with van der Waals surface area (Å²) in [5, 5.41) is 14.1. The van der Waals surface area contributed by atoms with E-state index < -0.39 is 17.5 Å². The molecule has 1 aromatic carbocycles. The second kappa shape index (κ2) is 5.76. The highest BCUT2D eigenvalue weighted by Crippen LogP contribution is 2.21. The molecule has 0 aliphatic carbocycles. The molecule has 1 rings (SSSR count). The van der Waals surface area contributed by atoms with Crippen LogP contribution in [0, 0.1) is 12.3 Å². The van der Waals surface area contributed by atoms with E-state index in [2.05, 4.69) is 32.5 Å². The molecular formula is C13H13BrN2O3. The SMILES string of the molecule is C#CC(C)(C)NC(=O)Nc1ccc(Br)c(C(=O)O)c1. The summed E-state index contributed by atoms with van der Waals surface area (Å²) in [6.07, 6.45) is 5.26. The molecule has 0 bridgehead atoms. The van der Waals surface area contributed by atoms with Crippen LogP contribution in [-0.4, -0.2) is 22.6 Å². The molecule has 0 atom stereocenters. The van der Waals surface area contributed by atoms with E-state index in [0.717, 1.165) is 0 Å². The van der Waals surface area contributed by atoms with Crippen LogP contribution in [0.25, 0.3) is 0 Å². The lowest BCUT2D eigenvalue weighted by Gasteiger charge is -2.20. The Hall–Kier alpha value is -2.00.